The number of terminal acetylenes is 1. The molecule has 19 heavy (non-hydrogen) atoms. The van der Waals surface area contributed by atoms with Crippen molar-refractivity contribution in [1.29, 1.82) is 0 Å². The minimum Gasteiger partial charge on any atom is -0.356 e. The molecule has 0 fully saturated rings. The maximum Gasteiger partial charge on any atom is 0.191 e. The van der Waals surface area contributed by atoms with Crippen molar-refractivity contribution in [3.63, 3.8) is 0 Å². The summed E-state index contributed by atoms with van der Waals surface area (Å²) in [6.07, 6.45) is 6.14. The first-order chi connectivity index (χ1) is 9.26. The van der Waals surface area contributed by atoms with Crippen LogP contribution in [0.2, 0.25) is 0 Å². The van der Waals surface area contributed by atoms with Crippen LogP contribution in [0.15, 0.2) is 34.2 Å². The molecule has 5 heteroatoms. The Morgan fingerprint density at radius 2 is 2.11 bits per heavy atom. The number of rotatable bonds is 6. The molecule has 0 aliphatic carbocycles. The molecule has 1 aromatic carbocycles. The summed E-state index contributed by atoms with van der Waals surface area (Å²) in [7, 11) is 1.71. The lowest BCUT2D eigenvalue weighted by molar-refractivity contribution is 0.626. The van der Waals surface area contributed by atoms with Gasteiger partial charge in [-0.3, -0.25) is 4.99 Å². The first kappa shape index (κ1) is 15.4. The van der Waals surface area contributed by atoms with Gasteiger partial charge in [0.05, 0.1) is 6.54 Å². The smallest absolute Gasteiger partial charge is 0.191 e. The molecule has 0 heterocycles. The van der Waals surface area contributed by atoms with E-state index in [1.54, 1.807) is 30.9 Å². The summed E-state index contributed by atoms with van der Waals surface area (Å²) >= 11 is 1.71. The summed E-state index contributed by atoms with van der Waals surface area (Å²) in [5.41, 5.74) is 0. The van der Waals surface area contributed by atoms with E-state index in [2.05, 4.69) is 21.5 Å². The van der Waals surface area contributed by atoms with Crippen LogP contribution in [-0.4, -0.2) is 31.8 Å². The van der Waals surface area contributed by atoms with Crippen LogP contribution in [0.1, 0.15) is 6.42 Å². The number of benzene rings is 1. The van der Waals surface area contributed by atoms with Gasteiger partial charge in [0.15, 0.2) is 5.96 Å². The number of hydrogen-bond acceptors (Lipinski definition) is 2. The van der Waals surface area contributed by atoms with Crippen LogP contribution < -0.4 is 10.6 Å². The Balaban J connectivity index is 2.14. The quantitative estimate of drug-likeness (QED) is 0.275. The molecular weight excluding hydrogens is 261 g/mol. The predicted molar refractivity (Wildman–Crippen MR) is 79.9 cm³/mol. The largest absolute Gasteiger partial charge is 0.356 e. The van der Waals surface area contributed by atoms with Crippen LogP contribution in [-0.2, 0) is 0 Å². The number of nitrogens with zero attached hydrogens (tertiary/aromatic N) is 1. The molecule has 102 valence electrons. The SMILES string of the molecule is C#CCNC(=NC)NCCCSc1ccc(F)cc1. The van der Waals surface area contributed by atoms with Crippen molar-refractivity contribution >= 4 is 17.7 Å². The zero-order valence-corrected chi connectivity index (χ0v) is 11.8. The normalized spacial score (nSPS) is 10.9. The predicted octanol–water partition coefficient (Wildman–Crippen LogP) is 2.11. The monoisotopic (exact) mass is 279 g/mol. The fourth-order valence-corrected chi connectivity index (χ4v) is 2.21. The lowest BCUT2D eigenvalue weighted by Crippen LogP contribution is -2.37. The average Bonchev–Trinajstić information content (AvgIpc) is 2.44. The highest BCUT2D eigenvalue weighted by Gasteiger charge is 1.97. The topological polar surface area (TPSA) is 36.4 Å². The van der Waals surface area contributed by atoms with Gasteiger partial charge in [-0.2, -0.15) is 0 Å². The van der Waals surface area contributed by atoms with E-state index in [9.17, 15) is 4.39 Å². The summed E-state index contributed by atoms with van der Waals surface area (Å²) < 4.78 is 12.7. The van der Waals surface area contributed by atoms with Crippen molar-refractivity contribution in [3.8, 4) is 12.3 Å². The summed E-state index contributed by atoms with van der Waals surface area (Å²) in [4.78, 5) is 5.12. The minimum absolute atomic E-state index is 0.200. The molecule has 0 saturated heterocycles. The van der Waals surface area contributed by atoms with Crippen molar-refractivity contribution in [2.75, 3.05) is 25.9 Å². The van der Waals surface area contributed by atoms with Crippen molar-refractivity contribution < 1.29 is 4.39 Å². The van der Waals surface area contributed by atoms with Gasteiger partial charge in [0.2, 0.25) is 0 Å². The number of thioether (sulfide) groups is 1. The van der Waals surface area contributed by atoms with E-state index in [1.807, 2.05) is 0 Å². The second-order valence-electron chi connectivity index (χ2n) is 3.71. The van der Waals surface area contributed by atoms with Gasteiger partial charge in [0.1, 0.15) is 5.82 Å². The lowest BCUT2D eigenvalue weighted by Gasteiger charge is -2.09. The average molecular weight is 279 g/mol. The van der Waals surface area contributed by atoms with Gasteiger partial charge in [0.25, 0.3) is 0 Å². The number of aliphatic imine (C=N–C) groups is 1. The van der Waals surface area contributed by atoms with Gasteiger partial charge >= 0.3 is 0 Å². The highest BCUT2D eigenvalue weighted by atomic mass is 32.2. The summed E-state index contributed by atoms with van der Waals surface area (Å²) in [5, 5.41) is 6.16. The van der Waals surface area contributed by atoms with E-state index in [1.165, 1.54) is 12.1 Å². The molecule has 0 saturated carbocycles. The van der Waals surface area contributed by atoms with Crippen molar-refractivity contribution in [2.45, 2.75) is 11.3 Å². The summed E-state index contributed by atoms with van der Waals surface area (Å²) in [6.45, 7) is 1.28. The zero-order valence-electron chi connectivity index (χ0n) is 10.9. The standard InChI is InChI=1S/C14H18FN3S/c1-3-9-17-14(16-2)18-10-4-11-19-13-7-5-12(15)6-8-13/h1,5-8H,4,9-11H2,2H3,(H2,16,17,18). The minimum atomic E-state index is -0.200. The van der Waals surface area contributed by atoms with Crippen LogP contribution in [0.25, 0.3) is 0 Å². The molecular formula is C14H18FN3S. The van der Waals surface area contributed by atoms with E-state index in [-0.39, 0.29) is 5.82 Å². The third kappa shape index (κ3) is 6.73. The molecule has 0 aromatic heterocycles. The van der Waals surface area contributed by atoms with Crippen LogP contribution in [0, 0.1) is 18.2 Å². The van der Waals surface area contributed by atoms with Gasteiger partial charge in [-0.25, -0.2) is 4.39 Å². The first-order valence-electron chi connectivity index (χ1n) is 6.02. The molecule has 1 rings (SSSR count). The van der Waals surface area contributed by atoms with E-state index in [0.29, 0.717) is 12.5 Å². The Hall–Kier alpha value is -1.67. The van der Waals surface area contributed by atoms with E-state index < -0.39 is 0 Å². The molecule has 0 atom stereocenters. The number of nitrogens with one attached hydrogen (secondary N) is 2. The summed E-state index contributed by atoms with van der Waals surface area (Å²) in [5.74, 6) is 3.97. The molecule has 0 spiro atoms. The highest BCUT2D eigenvalue weighted by molar-refractivity contribution is 7.99. The Bertz CT molecular complexity index is 437. The lowest BCUT2D eigenvalue weighted by atomic mass is 10.4. The maximum absolute atomic E-state index is 12.7. The second-order valence-corrected chi connectivity index (χ2v) is 4.88. The maximum atomic E-state index is 12.7. The summed E-state index contributed by atoms with van der Waals surface area (Å²) in [6, 6.07) is 6.54. The Labute approximate surface area is 118 Å². The fraction of sp³-hybridized carbons (Fsp3) is 0.357. The third-order valence-electron chi connectivity index (χ3n) is 2.28. The fourth-order valence-electron chi connectivity index (χ4n) is 1.36. The second kappa shape index (κ2) is 9.29. The molecule has 0 aliphatic heterocycles. The zero-order chi connectivity index (χ0) is 13.9. The van der Waals surface area contributed by atoms with Gasteiger partial charge in [-0.15, -0.1) is 18.2 Å². The Morgan fingerprint density at radius 1 is 1.37 bits per heavy atom. The van der Waals surface area contributed by atoms with E-state index >= 15 is 0 Å². The molecule has 0 unspecified atom stereocenters. The van der Waals surface area contributed by atoms with Crippen LogP contribution in [0.3, 0.4) is 0 Å². The van der Waals surface area contributed by atoms with Gasteiger partial charge in [-0.05, 0) is 36.4 Å². The molecule has 0 bridgehead atoms. The highest BCUT2D eigenvalue weighted by Crippen LogP contribution is 2.18. The van der Waals surface area contributed by atoms with Crippen molar-refractivity contribution in [2.24, 2.45) is 4.99 Å². The molecule has 0 amide bonds. The first-order valence-corrected chi connectivity index (χ1v) is 7.01. The number of guanidine groups is 1. The van der Waals surface area contributed by atoms with Crippen molar-refractivity contribution in [1.82, 2.24) is 10.6 Å². The van der Waals surface area contributed by atoms with Gasteiger partial charge < -0.3 is 10.6 Å². The molecule has 0 aliphatic rings. The molecule has 2 N–H and O–H groups in total. The third-order valence-corrected chi connectivity index (χ3v) is 3.38. The van der Waals surface area contributed by atoms with E-state index in [0.717, 1.165) is 23.6 Å². The van der Waals surface area contributed by atoms with Crippen LogP contribution >= 0.6 is 11.8 Å². The van der Waals surface area contributed by atoms with Gasteiger partial charge in [0, 0.05) is 18.5 Å². The number of hydrogen-bond donors (Lipinski definition) is 2. The van der Waals surface area contributed by atoms with E-state index in [4.69, 9.17) is 6.42 Å². The molecule has 3 nitrogen and oxygen atoms in total. The van der Waals surface area contributed by atoms with Crippen LogP contribution in [0.4, 0.5) is 4.39 Å². The van der Waals surface area contributed by atoms with Crippen LogP contribution in [0.5, 0.6) is 0 Å². The Morgan fingerprint density at radius 3 is 2.74 bits per heavy atom. The van der Waals surface area contributed by atoms with Gasteiger partial charge in [-0.1, -0.05) is 5.92 Å². The molecule has 0 radical (unpaired) electrons. The van der Waals surface area contributed by atoms with Crippen molar-refractivity contribution in [3.05, 3.63) is 30.1 Å². The number of halogens is 1. The molecule has 1 aromatic rings. The Kier molecular flexibility index (Phi) is 7.52.